The molecule has 1 heterocycles. The zero-order valence-corrected chi connectivity index (χ0v) is 49.7. The zero-order chi connectivity index (χ0) is 61.4. The van der Waals surface area contributed by atoms with E-state index < -0.39 is 119 Å². The van der Waals surface area contributed by atoms with Crippen LogP contribution in [0.2, 0.25) is 0 Å². The van der Waals surface area contributed by atoms with Crippen LogP contribution in [0.1, 0.15) is 145 Å². The van der Waals surface area contributed by atoms with Gasteiger partial charge in [0, 0.05) is 44.1 Å². The van der Waals surface area contributed by atoms with Crippen LogP contribution in [0.3, 0.4) is 0 Å². The molecule has 0 spiro atoms. The maximum Gasteiger partial charge on any atom is 0.350 e. The number of carbonyl (C=O) groups excluding carboxylic acids is 7. The Hall–Kier alpha value is -7.79. The lowest BCUT2D eigenvalue weighted by atomic mass is 9.44. The van der Waals surface area contributed by atoms with E-state index in [1.165, 1.54) is 26.0 Å². The second-order valence-electron chi connectivity index (χ2n) is 22.8. The number of carbonyl (C=O) groups is 7. The molecule has 1 aliphatic heterocycles. The number of hydrogen-bond acceptors (Lipinski definition) is 15. The lowest BCUT2D eigenvalue weighted by molar-refractivity contribution is -0.346. The van der Waals surface area contributed by atoms with Gasteiger partial charge in [-0.25, -0.2) is 9.59 Å². The summed E-state index contributed by atoms with van der Waals surface area (Å²) >= 11 is 0. The quantitative estimate of drug-likeness (QED) is 0.0407. The lowest BCUT2D eigenvalue weighted by Gasteiger charge is -2.67. The van der Waals surface area contributed by atoms with Crippen LogP contribution in [-0.2, 0) is 52.4 Å². The average Bonchev–Trinajstić information content (AvgIpc) is 0.690. The molecular formula is C69H81NO15. The summed E-state index contributed by atoms with van der Waals surface area (Å²) in [6.07, 6.45) is 19.4. The van der Waals surface area contributed by atoms with E-state index in [4.69, 9.17) is 28.4 Å². The Kier molecular flexibility index (Phi) is 22.4. The smallest absolute Gasteiger partial charge is 0.350 e. The summed E-state index contributed by atoms with van der Waals surface area (Å²) in [5.74, 6) is -7.73. The molecule has 16 nitrogen and oxygen atoms in total. The van der Waals surface area contributed by atoms with Crippen LogP contribution in [0, 0.1) is 16.7 Å². The van der Waals surface area contributed by atoms with Crippen molar-refractivity contribution in [1.29, 1.82) is 0 Å². The van der Waals surface area contributed by atoms with Crippen LogP contribution < -0.4 is 5.32 Å². The predicted octanol–water partition coefficient (Wildman–Crippen LogP) is 10.8. The van der Waals surface area contributed by atoms with Gasteiger partial charge in [-0.3, -0.25) is 24.0 Å². The maximum atomic E-state index is 15.8. The van der Waals surface area contributed by atoms with Crippen LogP contribution in [0.25, 0.3) is 0 Å². The van der Waals surface area contributed by atoms with Gasteiger partial charge in [-0.2, -0.15) is 0 Å². The minimum absolute atomic E-state index is 0.0256. The number of aliphatic hydroxyl groups excluding tert-OH is 1. The zero-order valence-electron chi connectivity index (χ0n) is 49.7. The highest BCUT2D eigenvalue weighted by Crippen LogP contribution is 2.64. The van der Waals surface area contributed by atoms with Gasteiger partial charge >= 0.3 is 29.8 Å². The Morgan fingerprint density at radius 1 is 0.706 bits per heavy atom. The van der Waals surface area contributed by atoms with Gasteiger partial charge in [0.15, 0.2) is 17.5 Å². The summed E-state index contributed by atoms with van der Waals surface area (Å²) in [5, 5.41) is 29.2. The first kappa shape index (κ1) is 64.8. The summed E-state index contributed by atoms with van der Waals surface area (Å²) in [5.41, 5.74) is -7.33. The van der Waals surface area contributed by atoms with Crippen molar-refractivity contribution in [3.05, 3.63) is 192 Å². The SMILES string of the molecule is CC/C=C/C/C=C/C/C=C/C/C=C/C/C=C/C/C=C/CCC(=O)O[C@@H](C(=O)O[C@H]1C[C@@]2(O)[C@@H](OC(=O)c3ccccc3)[C@@H]3[C@]4(OC(C)=O)CO[C@@H]4C[C@H](O)[C@@]3(C)C(=O)[C@H](OC(C)=O)C(=C1C)C2(C)C)[C@@H](NC(=O)c1ccccc1)c1ccccc1. The molecule has 0 unspecified atom stereocenters. The third-order valence-electron chi connectivity index (χ3n) is 16.8. The largest absolute Gasteiger partial charge is 0.455 e. The van der Waals surface area contributed by atoms with Gasteiger partial charge in [-0.1, -0.05) is 160 Å². The van der Waals surface area contributed by atoms with Crippen LogP contribution in [-0.4, -0.2) is 106 Å². The van der Waals surface area contributed by atoms with Crippen LogP contribution in [0.5, 0.6) is 0 Å². The molecule has 4 aliphatic rings. The second-order valence-corrected chi connectivity index (χ2v) is 22.8. The topological polar surface area (TPSA) is 227 Å². The average molecular weight is 1160 g/mol. The molecule has 1 amide bonds. The molecule has 11 atom stereocenters. The van der Waals surface area contributed by atoms with Crippen LogP contribution in [0.4, 0.5) is 0 Å². The highest BCUT2D eigenvalue weighted by Gasteiger charge is 2.78. The van der Waals surface area contributed by atoms with Crippen molar-refractivity contribution in [3.63, 3.8) is 0 Å². The Labute approximate surface area is 498 Å². The Bertz CT molecular complexity index is 3070. The number of nitrogens with one attached hydrogen (secondary N) is 1. The molecule has 1 saturated heterocycles. The molecule has 16 heteroatoms. The molecule has 3 aliphatic carbocycles. The van der Waals surface area contributed by atoms with Crippen molar-refractivity contribution in [2.24, 2.45) is 16.7 Å². The fraction of sp³-hybridized carbons (Fsp3) is 0.435. The first-order chi connectivity index (χ1) is 40.7. The second kappa shape index (κ2) is 29.3. The number of allylic oxidation sites excluding steroid dienone is 12. The number of rotatable bonds is 25. The number of ketones is 1. The van der Waals surface area contributed by atoms with Crippen molar-refractivity contribution < 1.29 is 72.2 Å². The molecule has 3 aromatic carbocycles. The van der Waals surface area contributed by atoms with Gasteiger partial charge in [0.2, 0.25) is 6.10 Å². The molecule has 452 valence electrons. The van der Waals surface area contributed by atoms with Crippen molar-refractivity contribution >= 4 is 41.5 Å². The van der Waals surface area contributed by atoms with Crippen molar-refractivity contribution in [3.8, 4) is 0 Å². The number of esters is 5. The number of hydrogen-bond donors (Lipinski definition) is 3. The number of Topliss-reactive ketones (excluding diaryl/α,β-unsaturated/α-hetero) is 1. The van der Waals surface area contributed by atoms with Gasteiger partial charge in [-0.15, -0.1) is 0 Å². The standard InChI is InChI=1S/C69H81NO15/c1-8-9-10-11-12-13-14-15-16-17-18-19-20-21-22-23-24-25-35-42-55(74)83-59(57(49-36-29-26-30-37-49)70-63(76)50-38-31-27-32-39-50)65(78)82-52-44-69(79)62(84-64(77)51-40-33-28-34-41-51)60-67(7,53(73)43-54-68(60,45-80-54)85-48(4)72)61(75)58(81-47(3)71)56(46(52)2)66(69,5)6/h9-10,12-13,15-16,18-19,21-22,24-34,36-41,52-54,57-60,62,73,79H,8,11,14,17,20,23,35,42-45H2,1-7H3,(H,70,76)/b10-9+,13-12+,16-15+,19-18+,22-21+,25-24+/t52-,53-,54+,57-,58+,59+,60-,62-,67+,68-,69+/m0/s1. The Morgan fingerprint density at radius 2 is 1.24 bits per heavy atom. The number of amides is 1. The van der Waals surface area contributed by atoms with E-state index >= 15 is 9.59 Å². The van der Waals surface area contributed by atoms with Gasteiger partial charge in [0.1, 0.15) is 30.0 Å². The van der Waals surface area contributed by atoms with E-state index in [-0.39, 0.29) is 48.1 Å². The van der Waals surface area contributed by atoms with E-state index in [0.29, 0.717) is 12.0 Å². The summed E-state index contributed by atoms with van der Waals surface area (Å²) in [7, 11) is 0. The van der Waals surface area contributed by atoms with Gasteiger partial charge < -0.3 is 44.0 Å². The van der Waals surface area contributed by atoms with E-state index in [1.807, 2.05) is 18.2 Å². The lowest BCUT2D eigenvalue weighted by Crippen LogP contribution is -2.82. The minimum atomic E-state index is -2.46. The van der Waals surface area contributed by atoms with Crippen molar-refractivity contribution in [2.45, 2.75) is 167 Å². The van der Waals surface area contributed by atoms with E-state index in [1.54, 1.807) is 92.7 Å². The maximum absolute atomic E-state index is 15.8. The summed E-state index contributed by atoms with van der Waals surface area (Å²) in [6, 6.07) is 23.1. The van der Waals surface area contributed by atoms with E-state index in [9.17, 15) is 34.2 Å². The number of fused-ring (bicyclic) bond motifs is 5. The van der Waals surface area contributed by atoms with Gasteiger partial charge in [0.25, 0.3) is 5.91 Å². The Balaban J connectivity index is 1.21. The minimum Gasteiger partial charge on any atom is -0.455 e. The summed E-state index contributed by atoms with van der Waals surface area (Å²) in [6.45, 7) is 10.1. The molecule has 2 saturated carbocycles. The molecular weight excluding hydrogens is 1080 g/mol. The molecule has 3 fully saturated rings. The Morgan fingerprint density at radius 3 is 1.75 bits per heavy atom. The monoisotopic (exact) mass is 1160 g/mol. The highest BCUT2D eigenvalue weighted by atomic mass is 16.6. The normalized spacial score (nSPS) is 27.0. The third-order valence-corrected chi connectivity index (χ3v) is 16.8. The molecule has 7 rings (SSSR count). The molecule has 85 heavy (non-hydrogen) atoms. The molecule has 3 aromatic rings. The van der Waals surface area contributed by atoms with Crippen molar-refractivity contribution in [1.82, 2.24) is 5.32 Å². The number of benzene rings is 3. The first-order valence-electron chi connectivity index (χ1n) is 29.3. The van der Waals surface area contributed by atoms with Crippen LogP contribution >= 0.6 is 0 Å². The highest BCUT2D eigenvalue weighted by molar-refractivity contribution is 5.96. The van der Waals surface area contributed by atoms with Crippen LogP contribution in [0.15, 0.2) is 175 Å². The van der Waals surface area contributed by atoms with Crippen molar-refractivity contribution in [2.75, 3.05) is 6.61 Å². The number of ether oxygens (including phenoxy) is 6. The summed E-state index contributed by atoms with van der Waals surface area (Å²) in [4.78, 5) is 101. The molecule has 0 radical (unpaired) electrons. The van der Waals surface area contributed by atoms with Gasteiger partial charge in [0.05, 0.1) is 29.6 Å². The molecule has 2 bridgehead atoms. The van der Waals surface area contributed by atoms with Gasteiger partial charge in [-0.05, 0) is 99.8 Å². The predicted molar refractivity (Wildman–Crippen MR) is 319 cm³/mol. The third kappa shape index (κ3) is 14.8. The summed E-state index contributed by atoms with van der Waals surface area (Å²) < 4.78 is 37.2. The number of aliphatic hydroxyl groups is 2. The first-order valence-corrected chi connectivity index (χ1v) is 29.3. The fourth-order valence-electron chi connectivity index (χ4n) is 12.3. The van der Waals surface area contributed by atoms with E-state index in [2.05, 4.69) is 66.9 Å². The van der Waals surface area contributed by atoms with E-state index in [0.717, 1.165) is 46.0 Å². The molecule has 0 aromatic heterocycles. The molecule has 3 N–H and O–H groups in total. The fourth-order valence-corrected chi connectivity index (χ4v) is 12.3.